The molecule has 1 aliphatic heterocycles. The summed E-state index contributed by atoms with van der Waals surface area (Å²) in [5.74, 6) is -1.22. The first-order valence-corrected chi connectivity index (χ1v) is 13.5. The fourth-order valence-electron chi connectivity index (χ4n) is 6.78. The molecule has 3 fully saturated rings. The number of imide groups is 1. The summed E-state index contributed by atoms with van der Waals surface area (Å²) >= 11 is 0. The minimum absolute atomic E-state index is 0.136. The van der Waals surface area contributed by atoms with E-state index in [-0.39, 0.29) is 41.0 Å². The summed E-state index contributed by atoms with van der Waals surface area (Å²) in [7, 11) is 0. The van der Waals surface area contributed by atoms with E-state index in [0.717, 1.165) is 24.8 Å². The van der Waals surface area contributed by atoms with Crippen molar-refractivity contribution in [1.82, 2.24) is 0 Å². The van der Waals surface area contributed by atoms with Crippen molar-refractivity contribution < 1.29 is 23.9 Å². The predicted octanol–water partition coefficient (Wildman–Crippen LogP) is 4.97. The van der Waals surface area contributed by atoms with Crippen LogP contribution in [0.25, 0.3) is 0 Å². The lowest BCUT2D eigenvalue weighted by Gasteiger charge is -2.28. The van der Waals surface area contributed by atoms with Crippen LogP contribution in [0.5, 0.6) is 0 Å². The lowest BCUT2D eigenvalue weighted by molar-refractivity contribution is -0.123. The highest BCUT2D eigenvalue weighted by molar-refractivity contribution is 6.22. The van der Waals surface area contributed by atoms with Crippen molar-refractivity contribution >= 4 is 35.1 Å². The van der Waals surface area contributed by atoms with Gasteiger partial charge in [-0.3, -0.25) is 19.3 Å². The second-order valence-corrected chi connectivity index (χ2v) is 10.7. The summed E-state index contributed by atoms with van der Waals surface area (Å²) in [5, 5.41) is 2.70. The van der Waals surface area contributed by atoms with Crippen LogP contribution in [-0.4, -0.2) is 30.3 Å². The van der Waals surface area contributed by atoms with Crippen LogP contribution in [0.15, 0.2) is 78.9 Å². The maximum absolute atomic E-state index is 13.5. The van der Waals surface area contributed by atoms with Crippen LogP contribution in [0.1, 0.15) is 47.2 Å². The molecular weight excluding hydrogens is 492 g/mol. The van der Waals surface area contributed by atoms with E-state index in [4.69, 9.17) is 4.74 Å². The van der Waals surface area contributed by atoms with E-state index in [0.29, 0.717) is 17.3 Å². The van der Waals surface area contributed by atoms with E-state index >= 15 is 0 Å². The molecular formula is C32H30N2O5. The predicted molar refractivity (Wildman–Crippen MR) is 146 cm³/mol. The molecule has 0 aromatic heterocycles. The number of nitrogens with one attached hydrogen (secondary N) is 1. The van der Waals surface area contributed by atoms with Gasteiger partial charge in [0.15, 0.2) is 6.61 Å². The van der Waals surface area contributed by atoms with Crippen molar-refractivity contribution in [2.45, 2.75) is 32.1 Å². The van der Waals surface area contributed by atoms with Crippen molar-refractivity contribution in [3.8, 4) is 0 Å². The molecule has 2 bridgehead atoms. The highest BCUT2D eigenvalue weighted by Gasteiger charge is 2.64. The highest BCUT2D eigenvalue weighted by atomic mass is 16.5. The smallest absolute Gasteiger partial charge is 0.338 e. The van der Waals surface area contributed by atoms with Crippen molar-refractivity contribution in [1.29, 1.82) is 0 Å². The number of hydrogen-bond acceptors (Lipinski definition) is 5. The summed E-state index contributed by atoms with van der Waals surface area (Å²) in [6, 6.07) is 24.0. The Morgan fingerprint density at radius 2 is 1.56 bits per heavy atom. The average Bonchev–Trinajstić information content (AvgIpc) is 3.64. The highest BCUT2D eigenvalue weighted by Crippen LogP contribution is 2.61. The normalized spacial score (nSPS) is 25.1. The molecule has 198 valence electrons. The van der Waals surface area contributed by atoms with Gasteiger partial charge in [-0.05, 0) is 84.5 Å². The van der Waals surface area contributed by atoms with Gasteiger partial charge >= 0.3 is 5.97 Å². The van der Waals surface area contributed by atoms with Crippen LogP contribution < -0.4 is 10.2 Å². The third-order valence-corrected chi connectivity index (χ3v) is 8.58. The van der Waals surface area contributed by atoms with Gasteiger partial charge in [-0.25, -0.2) is 4.79 Å². The molecule has 3 aromatic carbocycles. The number of benzene rings is 3. The monoisotopic (exact) mass is 522 g/mol. The lowest BCUT2D eigenvalue weighted by atomic mass is 9.73. The first-order chi connectivity index (χ1) is 18.9. The van der Waals surface area contributed by atoms with Crippen molar-refractivity contribution in [3.05, 3.63) is 95.6 Å². The van der Waals surface area contributed by atoms with Crippen LogP contribution in [0.4, 0.5) is 11.4 Å². The Bertz CT molecular complexity index is 1420. The van der Waals surface area contributed by atoms with E-state index in [9.17, 15) is 19.2 Å². The molecule has 2 saturated carbocycles. The number of nitrogens with zero attached hydrogens (tertiary/aromatic N) is 1. The maximum atomic E-state index is 13.5. The zero-order valence-corrected chi connectivity index (χ0v) is 21.7. The molecule has 0 unspecified atom stereocenters. The molecule has 7 heteroatoms. The summed E-state index contributed by atoms with van der Waals surface area (Å²) in [4.78, 5) is 52.9. The number of rotatable bonds is 7. The zero-order chi connectivity index (χ0) is 27.1. The summed E-state index contributed by atoms with van der Waals surface area (Å²) in [5.41, 5.74) is 3.73. The summed E-state index contributed by atoms with van der Waals surface area (Å²) < 4.78 is 5.17. The van der Waals surface area contributed by atoms with Gasteiger partial charge in [-0.1, -0.05) is 49.4 Å². The Balaban J connectivity index is 1.08. The van der Waals surface area contributed by atoms with Gasteiger partial charge in [-0.15, -0.1) is 0 Å². The van der Waals surface area contributed by atoms with Gasteiger partial charge in [0.1, 0.15) is 0 Å². The molecule has 0 spiro atoms. The third-order valence-electron chi connectivity index (χ3n) is 8.58. The van der Waals surface area contributed by atoms with E-state index < -0.39 is 18.5 Å². The molecule has 3 aromatic rings. The number of aryl methyl sites for hydroxylation is 1. The van der Waals surface area contributed by atoms with E-state index in [1.807, 2.05) is 30.3 Å². The second kappa shape index (κ2) is 10.1. The standard InChI is InChI=1S/C32H30N2O5/c1-2-19-8-12-23(13-9-19)33-27(35)18-39-32(38)21-10-14-24(15-11-21)34-30(36)28-22-16-25(20-6-4-3-5-7-20)26(17-22)29(28)31(34)37/h3-15,22,25-26,28-29H,2,16-18H2,1H3,(H,33,35)/t22-,25-,26+,28+,29-/m0/s1. The number of ether oxygens (including phenoxy) is 1. The Hall–Kier alpha value is -4.26. The Morgan fingerprint density at radius 1 is 0.872 bits per heavy atom. The largest absolute Gasteiger partial charge is 0.452 e. The number of fused-ring (bicyclic) bond motifs is 5. The SMILES string of the molecule is CCc1ccc(NC(=O)COC(=O)c2ccc(N3C(=O)[C@@H]4[C@@H]5C[C@@H]([C@@H]4C3=O)[C@H](c3ccccc3)C5)cc2)cc1. The van der Waals surface area contributed by atoms with Crippen LogP contribution in [0.3, 0.4) is 0 Å². The number of carbonyl (C=O) groups is 4. The van der Waals surface area contributed by atoms with E-state index in [2.05, 4.69) is 24.4 Å². The lowest BCUT2D eigenvalue weighted by Crippen LogP contribution is -2.33. The van der Waals surface area contributed by atoms with Gasteiger partial charge in [0.2, 0.25) is 11.8 Å². The fourth-order valence-corrected chi connectivity index (χ4v) is 6.78. The zero-order valence-electron chi connectivity index (χ0n) is 21.7. The van der Waals surface area contributed by atoms with Gasteiger partial charge in [-0.2, -0.15) is 0 Å². The molecule has 1 heterocycles. The first-order valence-electron chi connectivity index (χ1n) is 13.5. The van der Waals surface area contributed by atoms with Crippen molar-refractivity contribution in [3.63, 3.8) is 0 Å². The number of hydrogen-bond donors (Lipinski definition) is 1. The molecule has 6 rings (SSSR count). The summed E-state index contributed by atoms with van der Waals surface area (Å²) in [6.45, 7) is 1.63. The molecule has 1 saturated heterocycles. The van der Waals surface area contributed by atoms with Gasteiger partial charge < -0.3 is 10.1 Å². The molecule has 3 amide bonds. The van der Waals surface area contributed by atoms with E-state index in [1.165, 1.54) is 22.6 Å². The van der Waals surface area contributed by atoms with Gasteiger partial charge in [0.25, 0.3) is 5.91 Å². The average molecular weight is 523 g/mol. The molecule has 39 heavy (non-hydrogen) atoms. The number of esters is 1. The van der Waals surface area contributed by atoms with Gasteiger partial charge in [0, 0.05) is 5.69 Å². The van der Waals surface area contributed by atoms with Gasteiger partial charge in [0.05, 0.1) is 23.1 Å². The molecule has 3 aliphatic rings. The quantitative estimate of drug-likeness (QED) is 0.349. The van der Waals surface area contributed by atoms with E-state index in [1.54, 1.807) is 24.3 Å². The number of amides is 3. The molecule has 2 aliphatic carbocycles. The topological polar surface area (TPSA) is 92.8 Å². The van der Waals surface area contributed by atoms with Crippen molar-refractivity contribution in [2.24, 2.45) is 23.7 Å². The number of anilines is 2. The fraction of sp³-hybridized carbons (Fsp3) is 0.312. The molecule has 5 atom stereocenters. The van der Waals surface area contributed by atoms with Crippen LogP contribution >= 0.6 is 0 Å². The molecule has 1 N–H and O–H groups in total. The minimum atomic E-state index is -0.655. The summed E-state index contributed by atoms with van der Waals surface area (Å²) in [6.07, 6.45) is 2.76. The third kappa shape index (κ3) is 4.52. The Labute approximate surface area is 227 Å². The first kappa shape index (κ1) is 25.0. The second-order valence-electron chi connectivity index (χ2n) is 10.7. The molecule has 0 radical (unpaired) electrons. The van der Waals surface area contributed by atoms with Crippen LogP contribution in [0, 0.1) is 23.7 Å². The number of carbonyl (C=O) groups excluding carboxylic acids is 4. The Morgan fingerprint density at radius 3 is 2.26 bits per heavy atom. The molecule has 7 nitrogen and oxygen atoms in total. The van der Waals surface area contributed by atoms with Crippen molar-refractivity contribution in [2.75, 3.05) is 16.8 Å². The minimum Gasteiger partial charge on any atom is -0.452 e. The van der Waals surface area contributed by atoms with Crippen LogP contribution in [-0.2, 0) is 25.5 Å². The maximum Gasteiger partial charge on any atom is 0.338 e. The van der Waals surface area contributed by atoms with Crippen LogP contribution in [0.2, 0.25) is 0 Å². The Kier molecular flexibility index (Phi) is 6.51.